The summed E-state index contributed by atoms with van der Waals surface area (Å²) in [5, 5.41) is 10.2. The summed E-state index contributed by atoms with van der Waals surface area (Å²) in [6, 6.07) is 8.88. The van der Waals surface area contributed by atoms with Crippen molar-refractivity contribution in [2.75, 3.05) is 17.2 Å². The number of ether oxygens (including phenoxy) is 1. The molecule has 0 spiro atoms. The quantitative estimate of drug-likeness (QED) is 0.775. The highest BCUT2D eigenvalue weighted by Crippen LogP contribution is 2.23. The smallest absolute Gasteiger partial charge is 0.411 e. The van der Waals surface area contributed by atoms with Gasteiger partial charge in [0.15, 0.2) is 0 Å². The maximum absolute atomic E-state index is 12.0. The standard InChI is InChI=1S/C16H19N3O3S/c1-3-22-16(21)19-14-8-4-7-13(11(14)2)18-15(20)17-10-12-6-5-9-23-12/h4-9H,3,10H2,1-2H3,(H,19,21)(H2,17,18,20). The van der Waals surface area contributed by atoms with Crippen LogP contribution in [0.2, 0.25) is 0 Å². The van der Waals surface area contributed by atoms with Crippen LogP contribution in [0.15, 0.2) is 35.7 Å². The number of carbonyl (C=O) groups excluding carboxylic acids is 2. The molecule has 0 bridgehead atoms. The zero-order chi connectivity index (χ0) is 16.7. The summed E-state index contributed by atoms with van der Waals surface area (Å²) in [6.45, 7) is 4.33. The molecule has 3 amide bonds. The second kappa shape index (κ2) is 8.19. The minimum absolute atomic E-state index is 0.296. The predicted octanol–water partition coefficient (Wildman–Crippen LogP) is 3.95. The van der Waals surface area contributed by atoms with Crippen molar-refractivity contribution in [3.63, 3.8) is 0 Å². The van der Waals surface area contributed by atoms with Crippen LogP contribution in [0, 0.1) is 6.92 Å². The molecular weight excluding hydrogens is 314 g/mol. The molecule has 0 fully saturated rings. The second-order valence-corrected chi connectivity index (χ2v) is 5.74. The van der Waals surface area contributed by atoms with E-state index in [1.165, 1.54) is 0 Å². The molecule has 0 aliphatic heterocycles. The van der Waals surface area contributed by atoms with Gasteiger partial charge in [0, 0.05) is 16.3 Å². The number of hydrogen-bond acceptors (Lipinski definition) is 4. The zero-order valence-corrected chi connectivity index (χ0v) is 13.8. The van der Waals surface area contributed by atoms with Gasteiger partial charge >= 0.3 is 12.1 Å². The number of rotatable bonds is 5. The summed E-state index contributed by atoms with van der Waals surface area (Å²) in [5.41, 5.74) is 1.98. The van der Waals surface area contributed by atoms with Gasteiger partial charge in [-0.15, -0.1) is 11.3 Å². The van der Waals surface area contributed by atoms with E-state index in [1.807, 2.05) is 24.4 Å². The first-order valence-corrected chi connectivity index (χ1v) is 8.08. The van der Waals surface area contributed by atoms with Crippen molar-refractivity contribution in [1.29, 1.82) is 0 Å². The van der Waals surface area contributed by atoms with Gasteiger partial charge in [-0.25, -0.2) is 9.59 Å². The minimum atomic E-state index is -0.519. The summed E-state index contributed by atoms with van der Waals surface area (Å²) in [6.07, 6.45) is -0.519. The monoisotopic (exact) mass is 333 g/mol. The first kappa shape index (κ1) is 16.8. The molecule has 3 N–H and O–H groups in total. The molecular formula is C16H19N3O3S. The molecule has 0 radical (unpaired) electrons. The first-order chi connectivity index (χ1) is 11.1. The Hall–Kier alpha value is -2.54. The highest BCUT2D eigenvalue weighted by Gasteiger charge is 2.10. The summed E-state index contributed by atoms with van der Waals surface area (Å²) in [7, 11) is 0. The lowest BCUT2D eigenvalue weighted by Crippen LogP contribution is -2.28. The number of urea groups is 1. The van der Waals surface area contributed by atoms with E-state index >= 15 is 0 Å². The molecule has 1 aromatic carbocycles. The van der Waals surface area contributed by atoms with Crippen LogP contribution in [0.25, 0.3) is 0 Å². The Balaban J connectivity index is 1.96. The molecule has 6 nitrogen and oxygen atoms in total. The van der Waals surface area contributed by atoms with Crippen LogP contribution in [0.4, 0.5) is 21.0 Å². The third-order valence-electron chi connectivity index (χ3n) is 3.10. The average Bonchev–Trinajstić information content (AvgIpc) is 3.03. The molecule has 2 rings (SSSR count). The van der Waals surface area contributed by atoms with Crippen molar-refractivity contribution in [2.45, 2.75) is 20.4 Å². The average molecular weight is 333 g/mol. The Labute approximate surface area is 138 Å². The van der Waals surface area contributed by atoms with Gasteiger partial charge in [-0.05, 0) is 43.0 Å². The fourth-order valence-corrected chi connectivity index (χ4v) is 2.58. The van der Waals surface area contributed by atoms with E-state index in [0.717, 1.165) is 10.4 Å². The maximum Gasteiger partial charge on any atom is 0.411 e. The molecule has 0 aliphatic carbocycles. The minimum Gasteiger partial charge on any atom is -0.450 e. The topological polar surface area (TPSA) is 79.5 Å². The number of thiophene rings is 1. The van der Waals surface area contributed by atoms with Crippen molar-refractivity contribution in [3.05, 3.63) is 46.2 Å². The van der Waals surface area contributed by atoms with E-state index in [-0.39, 0.29) is 6.03 Å². The molecule has 0 unspecified atom stereocenters. The molecule has 0 saturated carbocycles. The Morgan fingerprint density at radius 2 is 1.87 bits per heavy atom. The Bertz CT molecular complexity index is 671. The largest absolute Gasteiger partial charge is 0.450 e. The van der Waals surface area contributed by atoms with E-state index in [9.17, 15) is 9.59 Å². The lowest BCUT2D eigenvalue weighted by Gasteiger charge is -2.13. The third kappa shape index (κ3) is 5.00. The number of anilines is 2. The highest BCUT2D eigenvalue weighted by atomic mass is 32.1. The van der Waals surface area contributed by atoms with Gasteiger partial charge in [0.2, 0.25) is 0 Å². The third-order valence-corrected chi connectivity index (χ3v) is 3.97. The lowest BCUT2D eigenvalue weighted by atomic mass is 10.1. The fourth-order valence-electron chi connectivity index (χ4n) is 1.93. The number of benzene rings is 1. The van der Waals surface area contributed by atoms with Crippen LogP contribution in [0.5, 0.6) is 0 Å². The molecule has 23 heavy (non-hydrogen) atoms. The van der Waals surface area contributed by atoms with Crippen LogP contribution in [0.3, 0.4) is 0 Å². The number of carbonyl (C=O) groups is 2. The number of amides is 3. The van der Waals surface area contributed by atoms with Crippen molar-refractivity contribution < 1.29 is 14.3 Å². The van der Waals surface area contributed by atoms with Gasteiger partial charge < -0.3 is 15.4 Å². The Kier molecular flexibility index (Phi) is 5.99. The second-order valence-electron chi connectivity index (χ2n) is 4.71. The van der Waals surface area contributed by atoms with Crippen LogP contribution in [0.1, 0.15) is 17.4 Å². The molecule has 122 valence electrons. The van der Waals surface area contributed by atoms with Gasteiger partial charge in [0.1, 0.15) is 0 Å². The molecule has 0 saturated heterocycles. The maximum atomic E-state index is 12.0. The molecule has 1 heterocycles. The van der Waals surface area contributed by atoms with Gasteiger partial charge in [-0.2, -0.15) is 0 Å². The van der Waals surface area contributed by atoms with Gasteiger partial charge in [0.25, 0.3) is 0 Å². The molecule has 7 heteroatoms. The van der Waals surface area contributed by atoms with Crippen LogP contribution < -0.4 is 16.0 Å². The molecule has 1 aromatic heterocycles. The SMILES string of the molecule is CCOC(=O)Nc1cccc(NC(=O)NCc2cccs2)c1C. The first-order valence-electron chi connectivity index (χ1n) is 7.20. The van der Waals surface area contributed by atoms with Crippen LogP contribution in [-0.2, 0) is 11.3 Å². The summed E-state index contributed by atoms with van der Waals surface area (Å²) in [5.74, 6) is 0. The van der Waals surface area contributed by atoms with Gasteiger partial charge in [-0.1, -0.05) is 12.1 Å². The summed E-state index contributed by atoms with van der Waals surface area (Å²) < 4.78 is 4.85. The summed E-state index contributed by atoms with van der Waals surface area (Å²) >= 11 is 1.58. The number of nitrogens with one attached hydrogen (secondary N) is 3. The molecule has 0 atom stereocenters. The predicted molar refractivity (Wildman–Crippen MR) is 92.0 cm³/mol. The van der Waals surface area contributed by atoms with E-state index in [0.29, 0.717) is 24.5 Å². The van der Waals surface area contributed by atoms with Crippen LogP contribution in [-0.4, -0.2) is 18.7 Å². The van der Waals surface area contributed by atoms with E-state index in [2.05, 4.69) is 16.0 Å². The van der Waals surface area contributed by atoms with E-state index in [4.69, 9.17) is 4.74 Å². The highest BCUT2D eigenvalue weighted by molar-refractivity contribution is 7.09. The van der Waals surface area contributed by atoms with Crippen molar-refractivity contribution in [1.82, 2.24) is 5.32 Å². The normalized spacial score (nSPS) is 10.0. The fraction of sp³-hybridized carbons (Fsp3) is 0.250. The van der Waals surface area contributed by atoms with E-state index in [1.54, 1.807) is 36.5 Å². The van der Waals surface area contributed by atoms with Gasteiger partial charge in [-0.3, -0.25) is 5.32 Å². The molecule has 2 aromatic rings. The Morgan fingerprint density at radius 1 is 1.13 bits per heavy atom. The van der Waals surface area contributed by atoms with Crippen molar-refractivity contribution in [3.8, 4) is 0 Å². The zero-order valence-electron chi connectivity index (χ0n) is 13.0. The van der Waals surface area contributed by atoms with Crippen LogP contribution >= 0.6 is 11.3 Å². The summed E-state index contributed by atoms with van der Waals surface area (Å²) in [4.78, 5) is 24.5. The van der Waals surface area contributed by atoms with Gasteiger partial charge in [0.05, 0.1) is 13.2 Å². The van der Waals surface area contributed by atoms with Crippen molar-refractivity contribution >= 4 is 34.8 Å². The van der Waals surface area contributed by atoms with Crippen molar-refractivity contribution in [2.24, 2.45) is 0 Å². The Morgan fingerprint density at radius 3 is 2.52 bits per heavy atom. The molecule has 0 aliphatic rings. The number of hydrogen-bond donors (Lipinski definition) is 3. The van der Waals surface area contributed by atoms with E-state index < -0.39 is 6.09 Å². The lowest BCUT2D eigenvalue weighted by molar-refractivity contribution is 0.168.